The lowest BCUT2D eigenvalue weighted by atomic mass is 9.95. The lowest BCUT2D eigenvalue weighted by Crippen LogP contribution is -2.53. The van der Waals surface area contributed by atoms with Crippen LogP contribution in [0.25, 0.3) is 0 Å². The van der Waals surface area contributed by atoms with Crippen molar-refractivity contribution >= 4 is 23.5 Å². The number of hydrogen-bond donors (Lipinski definition) is 3. The first-order valence-corrected chi connectivity index (χ1v) is 11.7. The smallest absolute Gasteiger partial charge is 0.378 e. The number of amides is 3. The first-order chi connectivity index (χ1) is 17.0. The van der Waals surface area contributed by atoms with Crippen molar-refractivity contribution in [1.29, 1.82) is 0 Å². The zero-order chi connectivity index (χ0) is 26.1. The van der Waals surface area contributed by atoms with Gasteiger partial charge in [-0.15, -0.1) is 13.2 Å². The molecule has 10 nitrogen and oxygen atoms in total. The maximum Gasteiger partial charge on any atom is 0.522 e. The van der Waals surface area contributed by atoms with E-state index in [-0.39, 0.29) is 29.9 Å². The SMILES string of the molecule is O=C1NCC[C@H]1C[C@H](NC(=O)[C@@H]1CC2(CC2)CN1C(=O)C(O)c1cccnc1)C(=O)COC(F)(F)F. The molecule has 4 rings (SSSR count). The predicted octanol–water partition coefficient (Wildman–Crippen LogP) is 0.613. The fraction of sp³-hybridized carbons (Fsp3) is 0.609. The zero-order valence-electron chi connectivity index (χ0n) is 19.3. The number of carbonyl (C=O) groups is 4. The molecule has 1 saturated carbocycles. The van der Waals surface area contributed by atoms with Gasteiger partial charge in [0.1, 0.15) is 12.6 Å². The van der Waals surface area contributed by atoms with E-state index in [9.17, 15) is 37.5 Å². The van der Waals surface area contributed by atoms with Crippen LogP contribution in [-0.4, -0.2) is 76.6 Å². The van der Waals surface area contributed by atoms with Gasteiger partial charge in [0.25, 0.3) is 5.91 Å². The Bertz CT molecular complexity index is 1020. The molecule has 1 aromatic heterocycles. The van der Waals surface area contributed by atoms with Crippen LogP contribution in [0.15, 0.2) is 24.5 Å². The van der Waals surface area contributed by atoms with Crippen molar-refractivity contribution in [2.24, 2.45) is 11.3 Å². The van der Waals surface area contributed by atoms with Gasteiger partial charge >= 0.3 is 6.36 Å². The summed E-state index contributed by atoms with van der Waals surface area (Å²) in [7, 11) is 0. The van der Waals surface area contributed by atoms with E-state index in [1.165, 1.54) is 23.4 Å². The predicted molar refractivity (Wildman–Crippen MR) is 116 cm³/mol. The van der Waals surface area contributed by atoms with E-state index in [4.69, 9.17) is 0 Å². The molecular formula is C23H27F3N4O6. The normalized spacial score (nSPS) is 24.3. The molecule has 2 aliphatic heterocycles. The number of Topliss-reactive ketones (excluding diaryl/α,β-unsaturated/α-hetero) is 1. The number of alkyl halides is 3. The minimum Gasteiger partial charge on any atom is -0.378 e. The van der Waals surface area contributed by atoms with E-state index in [0.717, 1.165) is 12.8 Å². The summed E-state index contributed by atoms with van der Waals surface area (Å²) >= 11 is 0. The summed E-state index contributed by atoms with van der Waals surface area (Å²) in [6.45, 7) is -0.723. The highest BCUT2D eigenvalue weighted by Crippen LogP contribution is 2.55. The van der Waals surface area contributed by atoms with Gasteiger partial charge in [-0.1, -0.05) is 6.07 Å². The van der Waals surface area contributed by atoms with Crippen molar-refractivity contribution in [2.45, 2.75) is 56.7 Å². The standard InChI is InChI=1S/C23H27F3N4O6/c24-23(25,26)36-11-17(31)15(8-13-3-7-28-19(13)33)29-20(34)16-9-22(4-5-22)12-30(16)21(35)18(32)14-2-1-6-27-10-14/h1-2,6,10,13,15-16,18,32H,3-5,7-9,11-12H2,(H,28,33)(H,29,34)/t13-,15-,16-,18?/m0/s1. The number of aliphatic hydroxyl groups is 1. The fourth-order valence-electron chi connectivity index (χ4n) is 4.85. The Labute approximate surface area is 204 Å². The molecule has 3 amide bonds. The van der Waals surface area contributed by atoms with Crippen LogP contribution in [-0.2, 0) is 23.9 Å². The average molecular weight is 512 g/mol. The molecule has 196 valence electrons. The van der Waals surface area contributed by atoms with Gasteiger partial charge in [0.2, 0.25) is 11.8 Å². The number of rotatable bonds is 9. The number of nitrogens with zero attached hydrogens (tertiary/aromatic N) is 2. The zero-order valence-corrected chi connectivity index (χ0v) is 19.3. The molecule has 1 aromatic rings. The maximum atomic E-state index is 13.3. The van der Waals surface area contributed by atoms with Crippen LogP contribution >= 0.6 is 0 Å². The molecule has 2 saturated heterocycles. The van der Waals surface area contributed by atoms with Gasteiger partial charge in [-0.05, 0) is 43.6 Å². The van der Waals surface area contributed by atoms with Gasteiger partial charge < -0.3 is 20.6 Å². The fourth-order valence-corrected chi connectivity index (χ4v) is 4.85. The van der Waals surface area contributed by atoms with Crippen LogP contribution in [0.2, 0.25) is 0 Å². The van der Waals surface area contributed by atoms with Crippen molar-refractivity contribution < 1.29 is 42.2 Å². The lowest BCUT2D eigenvalue weighted by Gasteiger charge is -2.28. The number of pyridine rings is 1. The van der Waals surface area contributed by atoms with Crippen LogP contribution in [0.5, 0.6) is 0 Å². The van der Waals surface area contributed by atoms with Gasteiger partial charge in [-0.2, -0.15) is 0 Å². The molecule has 0 bridgehead atoms. The summed E-state index contributed by atoms with van der Waals surface area (Å²) in [4.78, 5) is 56.2. The van der Waals surface area contributed by atoms with Gasteiger partial charge in [-0.25, -0.2) is 0 Å². The Balaban J connectivity index is 1.49. The van der Waals surface area contributed by atoms with E-state index in [0.29, 0.717) is 19.4 Å². The Hall–Kier alpha value is -3.06. The summed E-state index contributed by atoms with van der Waals surface area (Å²) in [6, 6.07) is 0.642. The van der Waals surface area contributed by atoms with Gasteiger partial charge in [0.05, 0.1) is 6.04 Å². The van der Waals surface area contributed by atoms with E-state index >= 15 is 0 Å². The van der Waals surface area contributed by atoms with E-state index in [1.807, 2.05) is 0 Å². The van der Waals surface area contributed by atoms with Crippen molar-refractivity contribution in [2.75, 3.05) is 19.7 Å². The quantitative estimate of drug-likeness (QED) is 0.441. The number of hydrogen-bond acceptors (Lipinski definition) is 7. The van der Waals surface area contributed by atoms with Gasteiger partial charge in [-0.3, -0.25) is 28.9 Å². The molecule has 1 aliphatic carbocycles. The Kier molecular flexibility index (Phi) is 7.32. The number of ketones is 1. The minimum absolute atomic E-state index is 0.193. The van der Waals surface area contributed by atoms with Gasteiger partial charge in [0, 0.05) is 37.0 Å². The molecule has 1 spiro atoms. The number of nitrogens with one attached hydrogen (secondary N) is 2. The summed E-state index contributed by atoms with van der Waals surface area (Å²) in [5.41, 5.74) is -0.0145. The third-order valence-electron chi connectivity index (χ3n) is 7.05. The number of likely N-dealkylation sites (tertiary alicyclic amines) is 1. The molecule has 4 atom stereocenters. The van der Waals surface area contributed by atoms with Crippen molar-refractivity contribution in [3.8, 4) is 0 Å². The number of aliphatic hydroxyl groups excluding tert-OH is 1. The summed E-state index contributed by atoms with van der Waals surface area (Å²) < 4.78 is 41.2. The molecule has 3 aliphatic rings. The van der Waals surface area contributed by atoms with Crippen LogP contribution < -0.4 is 10.6 Å². The minimum atomic E-state index is -5.04. The number of carbonyl (C=O) groups excluding carboxylic acids is 4. The van der Waals surface area contributed by atoms with Crippen LogP contribution in [0.1, 0.15) is 43.8 Å². The highest BCUT2D eigenvalue weighted by atomic mass is 19.4. The van der Waals surface area contributed by atoms with Crippen molar-refractivity contribution in [1.82, 2.24) is 20.5 Å². The molecule has 0 aromatic carbocycles. The maximum absolute atomic E-state index is 13.3. The van der Waals surface area contributed by atoms with Crippen LogP contribution in [0.4, 0.5) is 13.2 Å². The molecule has 13 heteroatoms. The van der Waals surface area contributed by atoms with Crippen molar-refractivity contribution in [3.05, 3.63) is 30.1 Å². The first kappa shape index (κ1) is 26.0. The number of halogens is 3. The Morgan fingerprint density at radius 1 is 1.33 bits per heavy atom. The first-order valence-electron chi connectivity index (χ1n) is 11.7. The molecule has 3 N–H and O–H groups in total. The third-order valence-corrected chi connectivity index (χ3v) is 7.05. The molecule has 1 unspecified atom stereocenters. The van der Waals surface area contributed by atoms with E-state index < -0.39 is 54.7 Å². The highest BCUT2D eigenvalue weighted by molar-refractivity contribution is 5.95. The summed E-state index contributed by atoms with van der Waals surface area (Å²) in [5, 5.41) is 15.6. The largest absolute Gasteiger partial charge is 0.522 e. The van der Waals surface area contributed by atoms with Crippen molar-refractivity contribution in [3.63, 3.8) is 0 Å². The second kappa shape index (κ2) is 10.1. The summed E-state index contributed by atoms with van der Waals surface area (Å²) in [6.07, 6.45) is -1.73. The van der Waals surface area contributed by atoms with E-state index in [1.54, 1.807) is 6.07 Å². The monoisotopic (exact) mass is 512 g/mol. The Morgan fingerprint density at radius 3 is 2.67 bits per heavy atom. The lowest BCUT2D eigenvalue weighted by molar-refractivity contribution is -0.321. The highest BCUT2D eigenvalue weighted by Gasteiger charge is 2.56. The molecular weight excluding hydrogens is 485 g/mol. The third kappa shape index (κ3) is 6.01. The molecule has 0 radical (unpaired) electrons. The Morgan fingerprint density at radius 2 is 2.08 bits per heavy atom. The topological polar surface area (TPSA) is 138 Å². The number of ether oxygens (including phenoxy) is 1. The van der Waals surface area contributed by atoms with Crippen LogP contribution in [0.3, 0.4) is 0 Å². The second-order valence-electron chi connectivity index (χ2n) is 9.65. The molecule has 36 heavy (non-hydrogen) atoms. The summed E-state index contributed by atoms with van der Waals surface area (Å²) in [5.74, 6) is -3.48. The molecule has 3 heterocycles. The second-order valence-corrected chi connectivity index (χ2v) is 9.65. The average Bonchev–Trinajstić information content (AvgIpc) is 3.30. The molecule has 3 fully saturated rings. The van der Waals surface area contributed by atoms with Crippen LogP contribution in [0, 0.1) is 11.3 Å². The van der Waals surface area contributed by atoms with Gasteiger partial charge in [0.15, 0.2) is 11.9 Å². The van der Waals surface area contributed by atoms with E-state index in [2.05, 4.69) is 20.4 Å². The number of aromatic nitrogens is 1.